The van der Waals surface area contributed by atoms with Crippen LogP contribution >= 0.6 is 0 Å². The summed E-state index contributed by atoms with van der Waals surface area (Å²) in [6, 6.07) is 11.6. The number of rotatable bonds is 8. The van der Waals surface area contributed by atoms with Gasteiger partial charge in [0.15, 0.2) is 0 Å². The minimum absolute atomic E-state index is 0. The van der Waals surface area contributed by atoms with Crippen LogP contribution < -0.4 is 0 Å². The zero-order chi connectivity index (χ0) is 35.1. The molecule has 0 aliphatic heterocycles. The van der Waals surface area contributed by atoms with Crippen LogP contribution in [-0.2, 0) is 21.7 Å². The molecule has 0 bridgehead atoms. The van der Waals surface area contributed by atoms with Crippen molar-refractivity contribution in [3.8, 4) is 0 Å². The average molecular weight is 669 g/mol. The molecule has 2 aliphatic carbocycles. The van der Waals surface area contributed by atoms with Crippen LogP contribution in [0.15, 0.2) is 48.6 Å². The molecule has 0 heterocycles. The van der Waals surface area contributed by atoms with Crippen LogP contribution in [0.4, 0.5) is 0 Å². The van der Waals surface area contributed by atoms with Crippen LogP contribution in [0.5, 0.6) is 0 Å². The number of hydrogen-bond acceptors (Lipinski definition) is 0. The second-order valence-corrected chi connectivity index (χ2v) is 15.2. The second-order valence-electron chi connectivity index (χ2n) is 15.2. The van der Waals surface area contributed by atoms with Gasteiger partial charge >= 0.3 is 21.7 Å². The van der Waals surface area contributed by atoms with E-state index in [4.69, 9.17) is 0 Å². The Morgan fingerprint density at radius 2 is 0.702 bits per heavy atom. The van der Waals surface area contributed by atoms with Gasteiger partial charge in [0.2, 0.25) is 0 Å². The quantitative estimate of drug-likeness (QED) is 0.194. The van der Waals surface area contributed by atoms with Gasteiger partial charge in [-0.3, -0.25) is 12.2 Å². The minimum Gasteiger partial charge on any atom is -0.273 e. The van der Waals surface area contributed by atoms with Gasteiger partial charge in [0, 0.05) is 0 Å². The van der Waals surface area contributed by atoms with Crippen LogP contribution in [-0.4, -0.2) is 0 Å². The topological polar surface area (TPSA) is 0 Å². The molecule has 1 heteroatoms. The van der Waals surface area contributed by atoms with Crippen molar-refractivity contribution in [3.05, 3.63) is 117 Å². The van der Waals surface area contributed by atoms with E-state index in [0.29, 0.717) is 47.3 Å². The Morgan fingerprint density at radius 1 is 0.404 bits per heavy atom. The van der Waals surface area contributed by atoms with Gasteiger partial charge in [0.25, 0.3) is 0 Å². The number of benzene rings is 2. The van der Waals surface area contributed by atoms with E-state index in [9.17, 15) is 0 Å². The molecular weight excluding hydrogens is 600 g/mol. The fourth-order valence-corrected chi connectivity index (χ4v) is 6.35. The van der Waals surface area contributed by atoms with E-state index in [0.717, 1.165) is 12.8 Å². The Kier molecular flexibility index (Phi) is 21.8. The standard InChI is InChI=1S/2C18H29.2C5H5.Ti/c2*1-11(2)15-9-10-16(12(3)4)18(14(7)8)17(15)13(5)6;2*1-2-4-5-3-1;/h2*9,11-14H,1-8H3;2*1-3H,4H2;/q4*-1;+4. The van der Waals surface area contributed by atoms with Gasteiger partial charge < -0.3 is 0 Å². The Hall–Kier alpha value is -1.89. The monoisotopic (exact) mass is 668 g/mol. The molecule has 0 saturated heterocycles. The third kappa shape index (κ3) is 14.2. The smallest absolute Gasteiger partial charge is 0.273 e. The molecule has 0 amide bonds. The van der Waals surface area contributed by atoms with Gasteiger partial charge in [-0.2, -0.15) is 47.5 Å². The van der Waals surface area contributed by atoms with E-state index in [1.807, 2.05) is 24.3 Å². The molecule has 0 saturated carbocycles. The number of hydrogen-bond donors (Lipinski definition) is 0. The maximum absolute atomic E-state index is 3.56. The van der Waals surface area contributed by atoms with Crippen molar-refractivity contribution in [2.24, 2.45) is 0 Å². The van der Waals surface area contributed by atoms with Crippen molar-refractivity contribution in [1.82, 2.24) is 0 Å². The van der Waals surface area contributed by atoms with Crippen molar-refractivity contribution in [2.75, 3.05) is 0 Å². The first-order valence-electron chi connectivity index (χ1n) is 18.1. The minimum atomic E-state index is 0. The van der Waals surface area contributed by atoms with Gasteiger partial charge in [-0.25, -0.2) is 24.3 Å². The normalized spacial score (nSPS) is 13.1. The maximum atomic E-state index is 3.56. The van der Waals surface area contributed by atoms with Crippen LogP contribution in [0.2, 0.25) is 0 Å². The fourth-order valence-electron chi connectivity index (χ4n) is 6.35. The molecule has 256 valence electrons. The van der Waals surface area contributed by atoms with Gasteiger partial charge in [-0.15, -0.1) is 46.2 Å². The Morgan fingerprint density at radius 3 is 0.851 bits per heavy atom. The second kappa shape index (κ2) is 22.7. The van der Waals surface area contributed by atoms with Crippen molar-refractivity contribution in [2.45, 2.75) is 171 Å². The summed E-state index contributed by atoms with van der Waals surface area (Å²) in [6.45, 7) is 36.8. The molecule has 0 fully saturated rings. The van der Waals surface area contributed by atoms with Crippen molar-refractivity contribution < 1.29 is 21.7 Å². The summed E-state index contributed by atoms with van der Waals surface area (Å²) in [7, 11) is 0. The van der Waals surface area contributed by atoms with Crippen LogP contribution in [0.3, 0.4) is 0 Å². The molecule has 0 unspecified atom stereocenters. The molecular formula is C46H68Ti. The van der Waals surface area contributed by atoms with Crippen molar-refractivity contribution in [1.29, 1.82) is 0 Å². The van der Waals surface area contributed by atoms with Crippen molar-refractivity contribution >= 4 is 0 Å². The van der Waals surface area contributed by atoms with Gasteiger partial charge in [0.05, 0.1) is 0 Å². The van der Waals surface area contributed by atoms with Gasteiger partial charge in [-0.1, -0.05) is 134 Å². The first kappa shape index (κ1) is 45.1. The van der Waals surface area contributed by atoms with Crippen LogP contribution in [0.25, 0.3) is 0 Å². The average Bonchev–Trinajstić information content (AvgIpc) is 3.75. The predicted molar refractivity (Wildman–Crippen MR) is 206 cm³/mol. The molecule has 0 radical (unpaired) electrons. The Labute approximate surface area is 308 Å². The van der Waals surface area contributed by atoms with E-state index in [1.54, 1.807) is 22.3 Å². The molecule has 2 aromatic carbocycles. The Bertz CT molecular complexity index is 1090. The molecule has 2 aromatic rings. The third-order valence-corrected chi connectivity index (χ3v) is 8.43. The predicted octanol–water partition coefficient (Wildman–Crippen LogP) is 14.6. The van der Waals surface area contributed by atoms with E-state index >= 15 is 0 Å². The van der Waals surface area contributed by atoms with E-state index in [1.165, 1.54) is 22.3 Å². The van der Waals surface area contributed by atoms with Crippen LogP contribution in [0, 0.1) is 24.3 Å². The Balaban J connectivity index is 0.000000681. The molecule has 2 aliphatic rings. The summed E-state index contributed by atoms with van der Waals surface area (Å²) in [5.41, 5.74) is 12.0. The summed E-state index contributed by atoms with van der Waals surface area (Å²) in [4.78, 5) is 0. The van der Waals surface area contributed by atoms with E-state index in [2.05, 4.69) is 159 Å². The zero-order valence-corrected chi connectivity index (χ0v) is 34.7. The summed E-state index contributed by atoms with van der Waals surface area (Å²) < 4.78 is 0. The van der Waals surface area contributed by atoms with Gasteiger partial charge in [-0.05, 0) is 23.7 Å². The van der Waals surface area contributed by atoms with Gasteiger partial charge in [0.1, 0.15) is 0 Å². The summed E-state index contributed by atoms with van der Waals surface area (Å²) in [6.07, 6.45) is 20.0. The number of allylic oxidation sites excluding steroid dienone is 8. The molecule has 0 spiro atoms. The fraction of sp³-hybridized carbons (Fsp3) is 0.565. The molecule has 47 heavy (non-hydrogen) atoms. The van der Waals surface area contributed by atoms with E-state index in [-0.39, 0.29) is 21.7 Å². The summed E-state index contributed by atoms with van der Waals surface area (Å²) >= 11 is 0. The third-order valence-electron chi connectivity index (χ3n) is 8.43. The maximum Gasteiger partial charge on any atom is 4.00 e. The first-order valence-corrected chi connectivity index (χ1v) is 18.1. The molecule has 0 atom stereocenters. The molecule has 0 N–H and O–H groups in total. The summed E-state index contributed by atoms with van der Waals surface area (Å²) in [5.74, 6) is 4.61. The first-order chi connectivity index (χ1) is 21.5. The van der Waals surface area contributed by atoms with Crippen molar-refractivity contribution in [3.63, 3.8) is 0 Å². The largest absolute Gasteiger partial charge is 4.00 e. The molecule has 4 rings (SSSR count). The SMILES string of the molecule is CC(C)c1[c-]cc(C(C)C)c(C(C)C)c1C(C)C.CC(C)c1[c-]cc(C(C)C)c(C(C)C)c1C(C)C.[C-]1=CC=CC1.[C-]1=CC=CC1.[Ti+4]. The van der Waals surface area contributed by atoms with Crippen LogP contribution in [0.1, 0.15) is 215 Å². The van der Waals surface area contributed by atoms with E-state index < -0.39 is 0 Å². The summed E-state index contributed by atoms with van der Waals surface area (Å²) in [5, 5.41) is 0. The molecule has 0 aromatic heterocycles. The molecule has 0 nitrogen and oxygen atoms in total. The zero-order valence-electron chi connectivity index (χ0n) is 33.2.